The molecule has 0 radical (unpaired) electrons. The number of nitrogens with zero attached hydrogens (tertiary/aromatic N) is 2. The maximum Gasteiger partial charge on any atom is 0.418 e. The maximum absolute atomic E-state index is 12.8. The molecule has 0 saturated carbocycles. The Morgan fingerprint density at radius 2 is 1.89 bits per heavy atom. The van der Waals surface area contributed by atoms with E-state index in [0.29, 0.717) is 0 Å². The summed E-state index contributed by atoms with van der Waals surface area (Å²) in [6, 6.07) is 1.92. The van der Waals surface area contributed by atoms with Crippen LogP contribution in [0.25, 0.3) is 0 Å². The van der Waals surface area contributed by atoms with Crippen molar-refractivity contribution in [3.63, 3.8) is 0 Å². The Kier molecular flexibility index (Phi) is 3.11. The molecule has 1 heterocycles. The van der Waals surface area contributed by atoms with Gasteiger partial charge in [-0.15, -0.1) is 0 Å². The summed E-state index contributed by atoms with van der Waals surface area (Å²) in [5.74, 6) is 0. The van der Waals surface area contributed by atoms with Crippen molar-refractivity contribution in [1.82, 2.24) is 0 Å². The second-order valence-electron chi connectivity index (χ2n) is 3.58. The van der Waals surface area contributed by atoms with Crippen LogP contribution in [-0.4, -0.2) is 15.6 Å². The molecule has 0 spiro atoms. The molecule has 1 aromatic rings. The maximum atomic E-state index is 12.8. The summed E-state index contributed by atoms with van der Waals surface area (Å²) in [5.41, 5.74) is -1.63. The predicted octanol–water partition coefficient (Wildman–Crippen LogP) is 4.00. The van der Waals surface area contributed by atoms with Gasteiger partial charge in [-0.25, -0.2) is 4.21 Å². The second kappa shape index (κ2) is 4.11. The zero-order valence-corrected chi connectivity index (χ0v) is 11.1. The van der Waals surface area contributed by atoms with Gasteiger partial charge in [0.05, 0.1) is 11.3 Å². The van der Waals surface area contributed by atoms with Gasteiger partial charge in [-0.1, -0.05) is 23.2 Å². The standard InChI is InChI=1S/C9H5Cl2F3N2OS/c1-18(17)15-7-5(8(11)16-18)2-4(10)3-6(7)9(12,13)14/h2-3H,1H3. The van der Waals surface area contributed by atoms with Crippen LogP contribution >= 0.6 is 23.2 Å². The van der Waals surface area contributed by atoms with Crippen LogP contribution in [0.3, 0.4) is 0 Å². The Hall–Kier alpha value is -0.790. The van der Waals surface area contributed by atoms with Crippen molar-refractivity contribution in [1.29, 1.82) is 0 Å². The monoisotopic (exact) mass is 316 g/mol. The average Bonchev–Trinajstić information content (AvgIpc) is 2.15. The molecule has 9 heteroatoms. The molecule has 1 atom stereocenters. The molecule has 18 heavy (non-hydrogen) atoms. The summed E-state index contributed by atoms with van der Waals surface area (Å²) in [4.78, 5) is 0. The normalized spacial score (nSPS) is 23.1. The molecule has 0 bridgehead atoms. The number of hydrogen-bond donors (Lipinski definition) is 0. The van der Waals surface area contributed by atoms with E-state index < -0.39 is 27.3 Å². The molecule has 1 aromatic carbocycles. The van der Waals surface area contributed by atoms with E-state index in [1.165, 1.54) is 6.07 Å². The Bertz CT molecular complexity index is 675. The molecule has 1 unspecified atom stereocenters. The molecule has 3 nitrogen and oxygen atoms in total. The molecule has 98 valence electrons. The van der Waals surface area contributed by atoms with Crippen molar-refractivity contribution in [2.24, 2.45) is 8.76 Å². The molecule has 1 aliphatic heterocycles. The number of benzene rings is 1. The van der Waals surface area contributed by atoms with Crippen LogP contribution < -0.4 is 0 Å². The van der Waals surface area contributed by atoms with E-state index in [-0.39, 0.29) is 15.8 Å². The van der Waals surface area contributed by atoms with E-state index in [9.17, 15) is 17.4 Å². The van der Waals surface area contributed by atoms with Gasteiger partial charge in [0, 0.05) is 16.8 Å². The number of hydrogen-bond acceptors (Lipinski definition) is 2. The molecule has 2 rings (SSSR count). The highest BCUT2D eigenvalue weighted by Gasteiger charge is 2.37. The zero-order valence-electron chi connectivity index (χ0n) is 8.76. The van der Waals surface area contributed by atoms with Gasteiger partial charge in [0.2, 0.25) is 0 Å². The van der Waals surface area contributed by atoms with Gasteiger partial charge in [-0.05, 0) is 12.1 Å². The average molecular weight is 317 g/mol. The third-order valence-electron chi connectivity index (χ3n) is 2.11. The fraction of sp³-hybridized carbons (Fsp3) is 0.222. The largest absolute Gasteiger partial charge is 0.418 e. The molecule has 1 aliphatic rings. The van der Waals surface area contributed by atoms with Crippen molar-refractivity contribution in [3.8, 4) is 0 Å². The molecule has 0 fully saturated rings. The Labute approximate surface area is 111 Å². The van der Waals surface area contributed by atoms with Crippen molar-refractivity contribution < 1.29 is 17.4 Å². The first-order valence-electron chi connectivity index (χ1n) is 4.49. The lowest BCUT2D eigenvalue weighted by Gasteiger charge is -2.17. The highest BCUT2D eigenvalue weighted by atomic mass is 35.5. The molecular weight excluding hydrogens is 312 g/mol. The number of fused-ring (bicyclic) bond motifs is 1. The predicted molar refractivity (Wildman–Crippen MR) is 65.0 cm³/mol. The van der Waals surface area contributed by atoms with Crippen LogP contribution in [0.2, 0.25) is 5.02 Å². The van der Waals surface area contributed by atoms with Gasteiger partial charge in [-0.2, -0.15) is 21.9 Å². The summed E-state index contributed by atoms with van der Waals surface area (Å²) < 4.78 is 57.3. The second-order valence-corrected chi connectivity index (χ2v) is 6.27. The van der Waals surface area contributed by atoms with Gasteiger partial charge in [0.15, 0.2) is 9.92 Å². The van der Waals surface area contributed by atoms with Crippen molar-refractivity contribution in [3.05, 3.63) is 28.3 Å². The topological polar surface area (TPSA) is 41.8 Å². The van der Waals surface area contributed by atoms with Gasteiger partial charge >= 0.3 is 6.18 Å². The number of rotatable bonds is 0. The molecule has 0 N–H and O–H groups in total. The first-order valence-corrected chi connectivity index (χ1v) is 7.12. The Morgan fingerprint density at radius 1 is 1.28 bits per heavy atom. The SMILES string of the molecule is CS1(=O)=Nc2c(cc(Cl)cc2C(F)(F)F)C(Cl)=N1. The van der Waals surface area contributed by atoms with E-state index in [1.54, 1.807) is 0 Å². The Morgan fingerprint density at radius 3 is 2.44 bits per heavy atom. The van der Waals surface area contributed by atoms with Crippen LogP contribution in [0.1, 0.15) is 11.1 Å². The van der Waals surface area contributed by atoms with Gasteiger partial charge < -0.3 is 0 Å². The van der Waals surface area contributed by atoms with Crippen LogP contribution in [-0.2, 0) is 16.1 Å². The lowest BCUT2D eigenvalue weighted by Crippen LogP contribution is -2.11. The zero-order chi connectivity index (χ0) is 13.7. The van der Waals surface area contributed by atoms with E-state index in [4.69, 9.17) is 23.2 Å². The number of alkyl halides is 3. The minimum Gasteiger partial charge on any atom is -0.226 e. The molecular formula is C9H5Cl2F3N2OS. The highest BCUT2D eigenvalue weighted by molar-refractivity contribution is 7.92. The summed E-state index contributed by atoms with van der Waals surface area (Å²) in [6.07, 6.45) is -3.56. The van der Waals surface area contributed by atoms with E-state index in [1.807, 2.05) is 0 Å². The van der Waals surface area contributed by atoms with Gasteiger partial charge in [0.25, 0.3) is 0 Å². The molecule has 0 amide bonds. The third kappa shape index (κ3) is 2.48. The molecule has 0 aromatic heterocycles. The summed E-state index contributed by atoms with van der Waals surface area (Å²) in [5, 5.41) is -0.436. The lowest BCUT2D eigenvalue weighted by atomic mass is 10.1. The first-order chi connectivity index (χ1) is 8.10. The quantitative estimate of drug-likeness (QED) is 0.713. The highest BCUT2D eigenvalue weighted by Crippen LogP contribution is 2.42. The van der Waals surface area contributed by atoms with E-state index in [0.717, 1.165) is 12.3 Å². The molecule has 0 aliphatic carbocycles. The third-order valence-corrected chi connectivity index (χ3v) is 3.76. The minimum absolute atomic E-state index is 0.0719. The van der Waals surface area contributed by atoms with Crippen molar-refractivity contribution >= 4 is 44.0 Å². The van der Waals surface area contributed by atoms with Crippen LogP contribution in [0, 0.1) is 0 Å². The smallest absolute Gasteiger partial charge is 0.226 e. The summed E-state index contributed by atoms with van der Waals surface area (Å²) >= 11 is 11.3. The van der Waals surface area contributed by atoms with Crippen LogP contribution in [0.15, 0.2) is 20.9 Å². The fourth-order valence-electron chi connectivity index (χ4n) is 1.46. The fourth-order valence-corrected chi connectivity index (χ4v) is 3.18. The number of halogens is 5. The first kappa shape index (κ1) is 13.6. The minimum atomic E-state index is -4.66. The van der Waals surface area contributed by atoms with E-state index in [2.05, 4.69) is 8.76 Å². The summed E-state index contributed by atoms with van der Waals surface area (Å²) in [7, 11) is -3.15. The Balaban J connectivity index is 2.88. The van der Waals surface area contributed by atoms with Gasteiger partial charge in [-0.3, -0.25) is 0 Å². The van der Waals surface area contributed by atoms with Crippen LogP contribution in [0.4, 0.5) is 18.9 Å². The van der Waals surface area contributed by atoms with Crippen molar-refractivity contribution in [2.75, 3.05) is 6.26 Å². The lowest BCUT2D eigenvalue weighted by molar-refractivity contribution is -0.137. The van der Waals surface area contributed by atoms with Crippen molar-refractivity contribution in [2.45, 2.75) is 6.18 Å². The molecule has 0 saturated heterocycles. The van der Waals surface area contributed by atoms with E-state index >= 15 is 0 Å². The van der Waals surface area contributed by atoms with Crippen LogP contribution in [0.5, 0.6) is 0 Å². The summed E-state index contributed by atoms with van der Waals surface area (Å²) in [6.45, 7) is 0. The van der Waals surface area contributed by atoms with Gasteiger partial charge in [0.1, 0.15) is 5.17 Å².